The molecule has 0 radical (unpaired) electrons. The van der Waals surface area contributed by atoms with E-state index in [2.05, 4.69) is 0 Å². The second-order valence-corrected chi connectivity index (χ2v) is 6.44. The fourth-order valence-corrected chi connectivity index (χ4v) is 2.55. The average Bonchev–Trinajstić information content (AvgIpc) is 2.42. The summed E-state index contributed by atoms with van der Waals surface area (Å²) in [5, 5.41) is 0. The van der Waals surface area contributed by atoms with E-state index in [9.17, 15) is 14.4 Å². The van der Waals surface area contributed by atoms with Gasteiger partial charge in [-0.3, -0.25) is 4.79 Å². The molecule has 0 unspecified atom stereocenters. The molecular weight excluding hydrogens is 274 g/mol. The highest BCUT2D eigenvalue weighted by molar-refractivity contribution is 5.78. The number of piperidine rings is 1. The lowest BCUT2D eigenvalue weighted by molar-refractivity contribution is -0.156. The molecule has 21 heavy (non-hydrogen) atoms. The van der Waals surface area contributed by atoms with Gasteiger partial charge in [0.15, 0.2) is 0 Å². The van der Waals surface area contributed by atoms with Gasteiger partial charge in [-0.05, 0) is 40.0 Å². The highest BCUT2D eigenvalue weighted by atomic mass is 16.6. The summed E-state index contributed by atoms with van der Waals surface area (Å²) in [6, 6.07) is 0. The van der Waals surface area contributed by atoms with Crippen LogP contribution in [0, 0.1) is 5.41 Å². The van der Waals surface area contributed by atoms with Gasteiger partial charge in [-0.25, -0.2) is 4.79 Å². The molecule has 1 aliphatic rings. The number of aldehydes is 1. The molecule has 0 spiro atoms. The van der Waals surface area contributed by atoms with Crippen molar-refractivity contribution in [3.05, 3.63) is 0 Å². The molecule has 0 aromatic rings. The van der Waals surface area contributed by atoms with Gasteiger partial charge < -0.3 is 19.2 Å². The Bertz CT molecular complexity index is 391. The van der Waals surface area contributed by atoms with Crippen LogP contribution >= 0.6 is 0 Å². The molecule has 6 nitrogen and oxygen atoms in total. The van der Waals surface area contributed by atoms with Crippen molar-refractivity contribution in [2.45, 2.75) is 52.1 Å². The zero-order valence-corrected chi connectivity index (χ0v) is 13.3. The number of likely N-dealkylation sites (tertiary alicyclic amines) is 1. The maximum absolute atomic E-state index is 12.0. The Hall–Kier alpha value is -1.59. The van der Waals surface area contributed by atoms with Gasteiger partial charge in [-0.15, -0.1) is 0 Å². The molecule has 1 aliphatic heterocycles. The first-order chi connectivity index (χ1) is 9.74. The zero-order valence-electron chi connectivity index (χ0n) is 13.3. The summed E-state index contributed by atoms with van der Waals surface area (Å²) in [5.41, 5.74) is -1.19. The number of carbonyl (C=O) groups excluding carboxylic acids is 3. The number of amides is 1. The van der Waals surface area contributed by atoms with Crippen molar-refractivity contribution in [1.29, 1.82) is 0 Å². The first-order valence-electron chi connectivity index (χ1n) is 7.24. The number of methoxy groups -OCH3 is 1. The summed E-state index contributed by atoms with van der Waals surface area (Å²) in [5.74, 6) is -0.298. The third-order valence-corrected chi connectivity index (χ3v) is 3.73. The molecule has 1 saturated heterocycles. The Balaban J connectivity index is 2.67. The first-order valence-corrected chi connectivity index (χ1v) is 7.24. The summed E-state index contributed by atoms with van der Waals surface area (Å²) in [7, 11) is 1.35. The molecule has 120 valence electrons. The molecule has 0 aromatic carbocycles. The number of rotatable bonds is 4. The van der Waals surface area contributed by atoms with E-state index in [1.807, 2.05) is 20.8 Å². The number of esters is 1. The summed E-state index contributed by atoms with van der Waals surface area (Å²) < 4.78 is 10.2. The zero-order chi connectivity index (χ0) is 16.1. The fraction of sp³-hybridized carbons (Fsp3) is 0.800. The quantitative estimate of drug-likeness (QED) is 0.587. The third kappa shape index (κ3) is 4.72. The van der Waals surface area contributed by atoms with Crippen LogP contribution in [0.25, 0.3) is 0 Å². The van der Waals surface area contributed by atoms with Crippen LogP contribution in [0.3, 0.4) is 0 Å². The predicted octanol–water partition coefficient (Wildman–Crippen LogP) is 2.16. The van der Waals surface area contributed by atoms with Gasteiger partial charge in [-0.1, -0.05) is 0 Å². The minimum absolute atomic E-state index is 0.298. The van der Waals surface area contributed by atoms with Gasteiger partial charge >= 0.3 is 12.1 Å². The molecule has 0 atom stereocenters. The van der Waals surface area contributed by atoms with Crippen molar-refractivity contribution in [2.24, 2.45) is 5.41 Å². The molecule has 1 rings (SSSR count). The molecule has 0 bridgehead atoms. The highest BCUT2D eigenvalue weighted by Crippen LogP contribution is 2.37. The normalized spacial score (nSPS) is 18.0. The smallest absolute Gasteiger partial charge is 0.410 e. The van der Waals surface area contributed by atoms with Gasteiger partial charge in [-0.2, -0.15) is 0 Å². The molecular formula is C15H25NO5. The van der Waals surface area contributed by atoms with E-state index in [4.69, 9.17) is 9.47 Å². The van der Waals surface area contributed by atoms with Crippen molar-refractivity contribution >= 4 is 18.3 Å². The second-order valence-electron chi connectivity index (χ2n) is 6.44. The van der Waals surface area contributed by atoms with Crippen LogP contribution in [0.5, 0.6) is 0 Å². The number of ether oxygens (including phenoxy) is 2. The molecule has 1 amide bonds. The van der Waals surface area contributed by atoms with E-state index in [0.717, 1.165) is 6.29 Å². The number of nitrogens with zero attached hydrogens (tertiary/aromatic N) is 1. The average molecular weight is 299 g/mol. The third-order valence-electron chi connectivity index (χ3n) is 3.73. The maximum atomic E-state index is 12.0. The summed E-state index contributed by atoms with van der Waals surface area (Å²) in [6.07, 6.45) is 2.22. The first kappa shape index (κ1) is 17.5. The lowest BCUT2D eigenvalue weighted by Crippen LogP contribution is -2.48. The van der Waals surface area contributed by atoms with Crippen molar-refractivity contribution in [2.75, 3.05) is 20.2 Å². The number of hydrogen-bond acceptors (Lipinski definition) is 5. The largest absolute Gasteiger partial charge is 0.469 e. The number of hydrogen-bond donors (Lipinski definition) is 0. The summed E-state index contributed by atoms with van der Waals surface area (Å²) in [4.78, 5) is 36.2. The van der Waals surface area contributed by atoms with E-state index < -0.39 is 11.0 Å². The van der Waals surface area contributed by atoms with Crippen LogP contribution in [-0.4, -0.2) is 49.0 Å². The Kier molecular flexibility index (Phi) is 5.75. The van der Waals surface area contributed by atoms with Gasteiger partial charge in [0.2, 0.25) is 0 Å². The Labute approximate surface area is 125 Å². The van der Waals surface area contributed by atoms with Gasteiger partial charge in [0.1, 0.15) is 11.9 Å². The Morgan fingerprint density at radius 1 is 1.24 bits per heavy atom. The standard InChI is InChI=1S/C15H25NO5/c1-14(2,3)21-13(19)16-9-7-15(8-10-16,6-5-11-17)12(18)20-4/h11H,5-10H2,1-4H3. The summed E-state index contributed by atoms with van der Waals surface area (Å²) >= 11 is 0. The SMILES string of the molecule is COC(=O)C1(CCC=O)CCN(C(=O)OC(C)(C)C)CC1. The van der Waals surface area contributed by atoms with E-state index >= 15 is 0 Å². The minimum atomic E-state index is -0.659. The van der Waals surface area contributed by atoms with E-state index in [0.29, 0.717) is 38.8 Å². The topological polar surface area (TPSA) is 72.9 Å². The molecule has 0 saturated carbocycles. The monoisotopic (exact) mass is 299 g/mol. The van der Waals surface area contributed by atoms with Crippen molar-refractivity contribution < 1.29 is 23.9 Å². The lowest BCUT2D eigenvalue weighted by atomic mass is 9.75. The molecule has 0 aromatic heterocycles. The van der Waals surface area contributed by atoms with Gasteiger partial charge in [0.05, 0.1) is 12.5 Å². The molecule has 0 aliphatic carbocycles. The maximum Gasteiger partial charge on any atom is 0.410 e. The van der Waals surface area contributed by atoms with Crippen LogP contribution in [0.4, 0.5) is 4.79 Å². The number of carbonyl (C=O) groups is 3. The molecule has 1 heterocycles. The van der Waals surface area contributed by atoms with E-state index in [1.165, 1.54) is 7.11 Å². The van der Waals surface area contributed by atoms with Gasteiger partial charge in [0.25, 0.3) is 0 Å². The van der Waals surface area contributed by atoms with Gasteiger partial charge in [0, 0.05) is 19.5 Å². The second kappa shape index (κ2) is 6.91. The Morgan fingerprint density at radius 3 is 2.24 bits per heavy atom. The van der Waals surface area contributed by atoms with Crippen molar-refractivity contribution in [3.63, 3.8) is 0 Å². The summed E-state index contributed by atoms with van der Waals surface area (Å²) in [6.45, 7) is 6.32. The fourth-order valence-electron chi connectivity index (χ4n) is 2.55. The van der Waals surface area contributed by atoms with Crippen LogP contribution < -0.4 is 0 Å². The van der Waals surface area contributed by atoms with Crippen LogP contribution in [0.1, 0.15) is 46.5 Å². The van der Waals surface area contributed by atoms with E-state index in [-0.39, 0.29) is 12.1 Å². The van der Waals surface area contributed by atoms with Crippen LogP contribution in [-0.2, 0) is 19.1 Å². The Morgan fingerprint density at radius 2 is 1.81 bits per heavy atom. The minimum Gasteiger partial charge on any atom is -0.469 e. The lowest BCUT2D eigenvalue weighted by Gasteiger charge is -2.39. The molecule has 1 fully saturated rings. The van der Waals surface area contributed by atoms with Crippen molar-refractivity contribution in [3.8, 4) is 0 Å². The molecule has 0 N–H and O–H groups in total. The van der Waals surface area contributed by atoms with E-state index in [1.54, 1.807) is 4.90 Å². The van der Waals surface area contributed by atoms with Crippen LogP contribution in [0.2, 0.25) is 0 Å². The van der Waals surface area contributed by atoms with Crippen LogP contribution in [0.15, 0.2) is 0 Å². The highest BCUT2D eigenvalue weighted by Gasteiger charge is 2.43. The predicted molar refractivity (Wildman–Crippen MR) is 76.8 cm³/mol. The van der Waals surface area contributed by atoms with Crippen molar-refractivity contribution in [1.82, 2.24) is 4.90 Å². The molecule has 6 heteroatoms.